The second-order valence-corrected chi connectivity index (χ2v) is 9.06. The lowest BCUT2D eigenvalue weighted by Crippen LogP contribution is -2.31. The molecule has 2 heterocycles. The fourth-order valence-corrected chi connectivity index (χ4v) is 4.94. The Balaban J connectivity index is 1.43. The van der Waals surface area contributed by atoms with E-state index in [-0.39, 0.29) is 17.7 Å². The molecule has 0 aliphatic heterocycles. The summed E-state index contributed by atoms with van der Waals surface area (Å²) in [4.78, 5) is 19.1. The van der Waals surface area contributed by atoms with Gasteiger partial charge in [-0.3, -0.25) is 4.79 Å². The fourth-order valence-electron chi connectivity index (χ4n) is 2.88. The van der Waals surface area contributed by atoms with E-state index in [1.54, 1.807) is 29.4 Å². The van der Waals surface area contributed by atoms with Crippen molar-refractivity contribution in [2.24, 2.45) is 0 Å². The third kappa shape index (κ3) is 4.00. The Hall–Kier alpha value is -2.62. The third-order valence-corrected chi connectivity index (χ3v) is 7.21. The first kappa shape index (κ1) is 20.6. The number of rotatable bonds is 6. The van der Waals surface area contributed by atoms with Gasteiger partial charge < -0.3 is 10.7 Å². The molecule has 0 aliphatic rings. The van der Waals surface area contributed by atoms with Crippen LogP contribution in [0.2, 0.25) is 5.02 Å². The Bertz CT molecular complexity index is 1170. The summed E-state index contributed by atoms with van der Waals surface area (Å²) < 4.78 is 2.47. The summed E-state index contributed by atoms with van der Waals surface area (Å²) in [5, 5.41) is 10.1. The summed E-state index contributed by atoms with van der Waals surface area (Å²) in [7, 11) is 1.78. The molecule has 10 heteroatoms. The van der Waals surface area contributed by atoms with Crippen molar-refractivity contribution in [2.45, 2.75) is 18.1 Å². The minimum absolute atomic E-state index is 0.0472. The summed E-state index contributed by atoms with van der Waals surface area (Å²) in [6.07, 6.45) is 0. The molecule has 154 valence electrons. The number of aromatic nitrogens is 4. The first-order valence-corrected chi connectivity index (χ1v) is 11.3. The monoisotopic (exact) mass is 458 g/mol. The smallest absolute Gasteiger partial charge is 0.233 e. The number of nitrogens with zero attached hydrogens (tertiary/aromatic N) is 5. The number of hydrogen-bond acceptors (Lipinski definition) is 7. The van der Waals surface area contributed by atoms with Crippen LogP contribution in [0.1, 0.15) is 18.0 Å². The maximum absolute atomic E-state index is 12.8. The van der Waals surface area contributed by atoms with Crippen molar-refractivity contribution in [3.8, 4) is 11.4 Å². The zero-order chi connectivity index (χ0) is 21.3. The van der Waals surface area contributed by atoms with E-state index in [0.717, 1.165) is 15.2 Å². The molecule has 1 amide bonds. The number of fused-ring (bicyclic) bond motifs is 1. The van der Waals surface area contributed by atoms with Crippen LogP contribution >= 0.6 is 34.7 Å². The van der Waals surface area contributed by atoms with E-state index in [2.05, 4.69) is 15.2 Å². The normalized spacial score (nSPS) is 12.2. The van der Waals surface area contributed by atoms with Gasteiger partial charge in [-0.15, -0.1) is 21.5 Å². The molecular formula is C20H19ClN6OS2. The van der Waals surface area contributed by atoms with Crippen molar-refractivity contribution in [2.75, 3.05) is 18.6 Å². The highest BCUT2D eigenvalue weighted by atomic mass is 35.5. The van der Waals surface area contributed by atoms with Gasteiger partial charge in [-0.2, -0.15) is 0 Å². The molecule has 2 aromatic carbocycles. The minimum Gasteiger partial charge on any atom is -0.336 e. The zero-order valence-electron chi connectivity index (χ0n) is 16.3. The van der Waals surface area contributed by atoms with Crippen LogP contribution in [-0.4, -0.2) is 43.5 Å². The Morgan fingerprint density at radius 2 is 1.97 bits per heavy atom. The SMILES string of the molecule is C[C@@H](c1nc2ccccc2s1)N(C)C(=O)CSc1nnc(-c2ccccc2Cl)n1N. The van der Waals surface area contributed by atoms with Gasteiger partial charge in [-0.1, -0.05) is 47.6 Å². The average molecular weight is 459 g/mol. The van der Waals surface area contributed by atoms with Crippen molar-refractivity contribution in [1.29, 1.82) is 0 Å². The Morgan fingerprint density at radius 1 is 1.23 bits per heavy atom. The molecule has 0 fully saturated rings. The quantitative estimate of drug-likeness (QED) is 0.343. The Kier molecular flexibility index (Phi) is 5.94. The standard InChI is InChI=1S/C20H19ClN6OS2/c1-12(19-23-15-9-5-6-10-16(15)30-19)26(2)17(28)11-29-20-25-24-18(27(20)22)13-7-3-4-8-14(13)21/h3-10,12H,11,22H2,1-2H3/t12-/m0/s1. The molecule has 4 aromatic rings. The number of thioether (sulfide) groups is 1. The number of thiazole rings is 1. The highest BCUT2D eigenvalue weighted by Gasteiger charge is 2.22. The van der Waals surface area contributed by atoms with Crippen LogP contribution in [0.5, 0.6) is 0 Å². The van der Waals surface area contributed by atoms with E-state index in [4.69, 9.17) is 17.4 Å². The van der Waals surface area contributed by atoms with E-state index < -0.39 is 0 Å². The molecule has 2 aromatic heterocycles. The lowest BCUT2D eigenvalue weighted by molar-refractivity contribution is -0.128. The summed E-state index contributed by atoms with van der Waals surface area (Å²) >= 11 is 9.06. The topological polar surface area (TPSA) is 89.9 Å². The van der Waals surface area contributed by atoms with Gasteiger partial charge in [-0.25, -0.2) is 9.66 Å². The number of nitrogen functional groups attached to an aromatic ring is 1. The van der Waals surface area contributed by atoms with Crippen LogP contribution in [0, 0.1) is 0 Å². The van der Waals surface area contributed by atoms with Crippen LogP contribution in [0.4, 0.5) is 0 Å². The highest BCUT2D eigenvalue weighted by Crippen LogP contribution is 2.30. The molecule has 0 radical (unpaired) electrons. The van der Waals surface area contributed by atoms with Gasteiger partial charge in [0.1, 0.15) is 5.01 Å². The van der Waals surface area contributed by atoms with E-state index in [0.29, 0.717) is 21.6 Å². The van der Waals surface area contributed by atoms with Crippen molar-refractivity contribution >= 4 is 50.8 Å². The van der Waals surface area contributed by atoms with E-state index in [1.165, 1.54) is 16.4 Å². The molecule has 0 saturated heterocycles. The van der Waals surface area contributed by atoms with Gasteiger partial charge in [-0.05, 0) is 31.2 Å². The van der Waals surface area contributed by atoms with Crippen LogP contribution in [0.3, 0.4) is 0 Å². The maximum Gasteiger partial charge on any atom is 0.233 e. The van der Waals surface area contributed by atoms with Crippen LogP contribution < -0.4 is 5.84 Å². The van der Waals surface area contributed by atoms with Gasteiger partial charge in [0.15, 0.2) is 5.82 Å². The number of nitrogens with two attached hydrogens (primary N) is 1. The van der Waals surface area contributed by atoms with Gasteiger partial charge in [0.05, 0.1) is 27.0 Å². The van der Waals surface area contributed by atoms with Crippen molar-refractivity contribution < 1.29 is 4.79 Å². The van der Waals surface area contributed by atoms with Gasteiger partial charge in [0.2, 0.25) is 11.1 Å². The number of amides is 1. The van der Waals surface area contributed by atoms with E-state index >= 15 is 0 Å². The first-order valence-electron chi connectivity index (χ1n) is 9.15. The second-order valence-electron chi connectivity index (χ2n) is 6.65. The molecule has 4 rings (SSSR count). The minimum atomic E-state index is -0.134. The van der Waals surface area contributed by atoms with Gasteiger partial charge >= 0.3 is 0 Å². The molecule has 0 aliphatic carbocycles. The summed E-state index contributed by atoms with van der Waals surface area (Å²) in [5.41, 5.74) is 1.64. The molecule has 0 bridgehead atoms. The molecule has 0 saturated carbocycles. The summed E-state index contributed by atoms with van der Waals surface area (Å²) in [6, 6.07) is 15.1. The number of hydrogen-bond donors (Lipinski definition) is 1. The van der Waals surface area contributed by atoms with Crippen LogP contribution in [-0.2, 0) is 4.79 Å². The fraction of sp³-hybridized carbons (Fsp3) is 0.200. The van der Waals surface area contributed by atoms with Crippen molar-refractivity contribution in [1.82, 2.24) is 24.8 Å². The lowest BCUT2D eigenvalue weighted by Gasteiger charge is -2.23. The largest absolute Gasteiger partial charge is 0.336 e. The summed E-state index contributed by atoms with van der Waals surface area (Å²) in [5.74, 6) is 6.73. The van der Waals surface area contributed by atoms with E-state index in [1.807, 2.05) is 49.4 Å². The molecule has 0 spiro atoms. The molecular weight excluding hydrogens is 440 g/mol. The van der Waals surface area contributed by atoms with Gasteiger partial charge in [0, 0.05) is 12.6 Å². The van der Waals surface area contributed by atoms with Crippen LogP contribution in [0.15, 0.2) is 53.7 Å². The molecule has 1 atom stereocenters. The van der Waals surface area contributed by atoms with Gasteiger partial charge in [0.25, 0.3) is 0 Å². The van der Waals surface area contributed by atoms with Crippen molar-refractivity contribution in [3.63, 3.8) is 0 Å². The maximum atomic E-state index is 12.8. The number of carbonyl (C=O) groups excluding carboxylic acids is 1. The number of carbonyl (C=O) groups is 1. The summed E-state index contributed by atoms with van der Waals surface area (Å²) in [6.45, 7) is 1.97. The zero-order valence-corrected chi connectivity index (χ0v) is 18.7. The third-order valence-electron chi connectivity index (χ3n) is 4.75. The average Bonchev–Trinajstić information content (AvgIpc) is 3.35. The molecule has 2 N–H and O–H groups in total. The number of halogens is 1. The van der Waals surface area contributed by atoms with Crippen LogP contribution in [0.25, 0.3) is 21.6 Å². The second kappa shape index (κ2) is 8.63. The predicted octanol–water partition coefficient (Wildman–Crippen LogP) is 4.23. The number of benzene rings is 2. The number of para-hydroxylation sites is 1. The molecule has 0 unspecified atom stereocenters. The Morgan fingerprint density at radius 3 is 2.73 bits per heavy atom. The molecule has 7 nitrogen and oxygen atoms in total. The first-order chi connectivity index (χ1) is 14.5. The predicted molar refractivity (Wildman–Crippen MR) is 122 cm³/mol. The molecule has 30 heavy (non-hydrogen) atoms. The van der Waals surface area contributed by atoms with Crippen molar-refractivity contribution in [3.05, 3.63) is 58.6 Å². The van der Waals surface area contributed by atoms with E-state index in [9.17, 15) is 4.79 Å². The lowest BCUT2D eigenvalue weighted by atomic mass is 10.2. The highest BCUT2D eigenvalue weighted by molar-refractivity contribution is 7.99. The Labute approximate surface area is 186 Å².